The number of carboxylic acids is 1. The summed E-state index contributed by atoms with van der Waals surface area (Å²) < 4.78 is 0. The topological polar surface area (TPSA) is 105 Å². The Balaban J connectivity index is 2.51. The summed E-state index contributed by atoms with van der Waals surface area (Å²) in [6.45, 7) is 3.35. The fraction of sp³-hybridized carbons (Fsp3) is 0.267. The number of anilines is 1. The molecule has 2 aromatic rings. The van der Waals surface area contributed by atoms with Gasteiger partial charge >= 0.3 is 5.97 Å². The van der Waals surface area contributed by atoms with E-state index in [4.69, 9.17) is 10.8 Å². The van der Waals surface area contributed by atoms with Gasteiger partial charge in [0.15, 0.2) is 0 Å². The number of nitrogens with two attached hydrogens (primary N) is 1. The summed E-state index contributed by atoms with van der Waals surface area (Å²) in [5, 5.41) is 12.9. The average molecular weight is 287 g/mol. The number of amides is 1. The van der Waals surface area contributed by atoms with Gasteiger partial charge in [-0.2, -0.15) is 0 Å². The Labute approximate surface area is 122 Å². The molecule has 1 aromatic heterocycles. The molecule has 0 radical (unpaired) electrons. The van der Waals surface area contributed by atoms with Crippen LogP contribution in [0.4, 0.5) is 5.69 Å². The van der Waals surface area contributed by atoms with Crippen LogP contribution in [0.5, 0.6) is 0 Å². The van der Waals surface area contributed by atoms with E-state index in [1.165, 1.54) is 6.20 Å². The van der Waals surface area contributed by atoms with Crippen LogP contribution in [-0.4, -0.2) is 28.0 Å². The number of nitrogens with zero attached hydrogens (tertiary/aromatic N) is 1. The molecule has 1 aromatic carbocycles. The summed E-state index contributed by atoms with van der Waals surface area (Å²) >= 11 is 0. The zero-order valence-electron chi connectivity index (χ0n) is 11.8. The number of carboxylic acid groups (broad SMARTS) is 1. The minimum Gasteiger partial charge on any atom is -0.481 e. The first-order chi connectivity index (χ1) is 9.91. The second kappa shape index (κ2) is 5.78. The molecule has 2 rings (SSSR count). The fourth-order valence-electron chi connectivity index (χ4n) is 2.05. The molecule has 2 unspecified atom stereocenters. The van der Waals surface area contributed by atoms with Gasteiger partial charge in [-0.15, -0.1) is 0 Å². The lowest BCUT2D eigenvalue weighted by molar-refractivity contribution is -0.141. The van der Waals surface area contributed by atoms with Gasteiger partial charge in [-0.25, -0.2) is 0 Å². The Kier molecular flexibility index (Phi) is 4.07. The van der Waals surface area contributed by atoms with Crippen molar-refractivity contribution in [1.82, 2.24) is 4.98 Å². The van der Waals surface area contributed by atoms with Gasteiger partial charge in [0.2, 0.25) is 0 Å². The minimum absolute atomic E-state index is 0.248. The zero-order valence-corrected chi connectivity index (χ0v) is 11.8. The van der Waals surface area contributed by atoms with Crippen LogP contribution in [0.15, 0.2) is 30.5 Å². The number of primary amides is 1. The number of benzene rings is 1. The molecule has 21 heavy (non-hydrogen) atoms. The number of aromatic nitrogens is 1. The predicted octanol–water partition coefficient (Wildman–Crippen LogP) is 1.85. The lowest BCUT2D eigenvalue weighted by Gasteiger charge is -2.21. The first-order valence-corrected chi connectivity index (χ1v) is 6.58. The number of aliphatic carboxylic acids is 1. The number of carbonyl (C=O) groups is 2. The molecule has 6 nitrogen and oxygen atoms in total. The summed E-state index contributed by atoms with van der Waals surface area (Å²) in [5.41, 5.74) is 6.86. The maximum absolute atomic E-state index is 11.6. The van der Waals surface area contributed by atoms with E-state index in [0.29, 0.717) is 11.2 Å². The first kappa shape index (κ1) is 14.8. The van der Waals surface area contributed by atoms with E-state index >= 15 is 0 Å². The van der Waals surface area contributed by atoms with Gasteiger partial charge in [-0.1, -0.05) is 18.2 Å². The molecule has 0 saturated heterocycles. The third-order valence-corrected chi connectivity index (χ3v) is 3.55. The summed E-state index contributed by atoms with van der Waals surface area (Å²) in [6.07, 6.45) is 1.41. The normalized spacial score (nSPS) is 13.6. The average Bonchev–Trinajstić information content (AvgIpc) is 2.46. The maximum atomic E-state index is 11.6. The Hall–Kier alpha value is -2.63. The predicted molar refractivity (Wildman–Crippen MR) is 80.1 cm³/mol. The second-order valence-corrected chi connectivity index (χ2v) is 4.99. The van der Waals surface area contributed by atoms with Crippen LogP contribution in [0.3, 0.4) is 0 Å². The van der Waals surface area contributed by atoms with Gasteiger partial charge in [-0.3, -0.25) is 14.6 Å². The van der Waals surface area contributed by atoms with Gasteiger partial charge in [0.1, 0.15) is 0 Å². The van der Waals surface area contributed by atoms with Crippen molar-refractivity contribution in [2.75, 3.05) is 5.32 Å². The van der Waals surface area contributed by atoms with Crippen molar-refractivity contribution in [3.05, 3.63) is 36.0 Å². The molecule has 0 fully saturated rings. The van der Waals surface area contributed by atoms with Gasteiger partial charge in [-0.05, 0) is 19.9 Å². The number of pyridine rings is 1. The molecule has 0 aliphatic heterocycles. The Morgan fingerprint density at radius 1 is 1.29 bits per heavy atom. The number of carbonyl (C=O) groups excluding carboxylic acids is 1. The highest BCUT2D eigenvalue weighted by Crippen LogP contribution is 2.27. The summed E-state index contributed by atoms with van der Waals surface area (Å²) in [7, 11) is 0. The van der Waals surface area contributed by atoms with Crippen LogP contribution in [0.25, 0.3) is 10.9 Å². The van der Waals surface area contributed by atoms with Crippen molar-refractivity contribution >= 4 is 28.5 Å². The molecule has 4 N–H and O–H groups in total. The smallest absolute Gasteiger partial charge is 0.308 e. The molecule has 0 aliphatic rings. The molecule has 0 saturated carbocycles. The summed E-state index contributed by atoms with van der Waals surface area (Å²) in [4.78, 5) is 26.8. The van der Waals surface area contributed by atoms with Gasteiger partial charge in [0.05, 0.1) is 22.7 Å². The van der Waals surface area contributed by atoms with Crippen molar-refractivity contribution in [3.63, 3.8) is 0 Å². The van der Waals surface area contributed by atoms with Crippen LogP contribution in [0.2, 0.25) is 0 Å². The number of fused-ring (bicyclic) bond motifs is 1. The van der Waals surface area contributed by atoms with E-state index in [0.717, 1.165) is 5.39 Å². The Bertz CT molecular complexity index is 700. The number of rotatable bonds is 5. The highest BCUT2D eigenvalue weighted by Gasteiger charge is 2.22. The second-order valence-electron chi connectivity index (χ2n) is 4.99. The van der Waals surface area contributed by atoms with E-state index in [9.17, 15) is 9.59 Å². The van der Waals surface area contributed by atoms with E-state index in [2.05, 4.69) is 10.3 Å². The van der Waals surface area contributed by atoms with Crippen molar-refractivity contribution in [1.29, 1.82) is 0 Å². The lowest BCUT2D eigenvalue weighted by atomic mass is 10.0. The molecular formula is C15H17N3O3. The SMILES string of the molecule is CC(Nc1c(C(N)=O)cnc2ccccc12)C(C)C(=O)O. The fourth-order valence-corrected chi connectivity index (χ4v) is 2.05. The maximum Gasteiger partial charge on any atom is 0.308 e. The molecular weight excluding hydrogens is 270 g/mol. The molecule has 1 amide bonds. The highest BCUT2D eigenvalue weighted by molar-refractivity contribution is 6.06. The monoisotopic (exact) mass is 287 g/mol. The highest BCUT2D eigenvalue weighted by atomic mass is 16.4. The van der Waals surface area contributed by atoms with Gasteiger partial charge in [0.25, 0.3) is 5.91 Å². The third-order valence-electron chi connectivity index (χ3n) is 3.55. The van der Waals surface area contributed by atoms with E-state index in [-0.39, 0.29) is 11.6 Å². The quantitative estimate of drug-likeness (QED) is 0.778. The number of hydrogen-bond donors (Lipinski definition) is 3. The summed E-state index contributed by atoms with van der Waals surface area (Å²) in [5.74, 6) is -2.13. The molecule has 6 heteroatoms. The van der Waals surface area contributed by atoms with Crippen molar-refractivity contribution < 1.29 is 14.7 Å². The van der Waals surface area contributed by atoms with Crippen LogP contribution < -0.4 is 11.1 Å². The Morgan fingerprint density at radius 3 is 2.57 bits per heavy atom. The van der Waals surface area contributed by atoms with Crippen molar-refractivity contribution in [3.8, 4) is 0 Å². The Morgan fingerprint density at radius 2 is 1.95 bits per heavy atom. The largest absolute Gasteiger partial charge is 0.481 e. The van der Waals surface area contributed by atoms with Crippen molar-refractivity contribution in [2.24, 2.45) is 11.7 Å². The lowest BCUT2D eigenvalue weighted by Crippen LogP contribution is -2.31. The molecule has 0 spiro atoms. The molecule has 2 atom stereocenters. The first-order valence-electron chi connectivity index (χ1n) is 6.58. The molecule has 110 valence electrons. The standard InChI is InChI=1S/C15H17N3O3/c1-8(15(20)21)9(2)18-13-10-5-3-4-6-12(10)17-7-11(13)14(16)19/h3-9H,1-2H3,(H2,16,19)(H,17,18)(H,20,21). The van der Waals surface area contributed by atoms with E-state index < -0.39 is 17.8 Å². The zero-order chi connectivity index (χ0) is 15.6. The molecule has 0 bridgehead atoms. The van der Waals surface area contributed by atoms with Gasteiger partial charge < -0.3 is 16.2 Å². The van der Waals surface area contributed by atoms with E-state index in [1.54, 1.807) is 13.8 Å². The number of para-hydroxylation sites is 1. The number of nitrogens with one attached hydrogen (secondary N) is 1. The minimum atomic E-state index is -0.908. The number of hydrogen-bond acceptors (Lipinski definition) is 4. The van der Waals surface area contributed by atoms with Crippen LogP contribution in [0, 0.1) is 5.92 Å². The third kappa shape index (κ3) is 2.94. The van der Waals surface area contributed by atoms with Crippen LogP contribution >= 0.6 is 0 Å². The van der Waals surface area contributed by atoms with Crippen molar-refractivity contribution in [2.45, 2.75) is 19.9 Å². The van der Waals surface area contributed by atoms with Crippen LogP contribution in [-0.2, 0) is 4.79 Å². The van der Waals surface area contributed by atoms with Crippen LogP contribution in [0.1, 0.15) is 24.2 Å². The summed E-state index contributed by atoms with van der Waals surface area (Å²) in [6, 6.07) is 6.93. The molecule has 1 heterocycles. The molecule has 0 aliphatic carbocycles. The van der Waals surface area contributed by atoms with Gasteiger partial charge in [0, 0.05) is 17.6 Å². The van der Waals surface area contributed by atoms with E-state index in [1.807, 2.05) is 24.3 Å².